The van der Waals surface area contributed by atoms with E-state index in [1.165, 1.54) is 30.7 Å². The molecule has 0 aromatic carbocycles. The van der Waals surface area contributed by atoms with Gasteiger partial charge >= 0.3 is 5.97 Å². The molecule has 0 saturated carbocycles. The van der Waals surface area contributed by atoms with E-state index in [0.29, 0.717) is 24.3 Å². The summed E-state index contributed by atoms with van der Waals surface area (Å²) in [6.07, 6.45) is 0.840. The Morgan fingerprint density at radius 1 is 1.41 bits per heavy atom. The number of carbonyl (C=O) groups excluding carboxylic acids is 3. The molecule has 2 amide bonds. The molecule has 3 rings (SSSR count). The van der Waals surface area contributed by atoms with Crippen molar-refractivity contribution in [3.05, 3.63) is 10.6 Å². The normalized spacial score (nSPS) is 32.1. The minimum Gasteiger partial charge on any atom is -0.477 e. The van der Waals surface area contributed by atoms with Crippen molar-refractivity contribution in [2.24, 2.45) is 17.8 Å². The first-order chi connectivity index (χ1) is 13.7. The summed E-state index contributed by atoms with van der Waals surface area (Å²) < 4.78 is 0. The maximum absolute atomic E-state index is 12.8. The first kappa shape index (κ1) is 21.8. The van der Waals surface area contributed by atoms with Crippen LogP contribution in [-0.2, 0) is 24.0 Å². The van der Waals surface area contributed by atoms with Crippen LogP contribution in [0.1, 0.15) is 33.6 Å². The Hall–Kier alpha value is -1.91. The lowest BCUT2D eigenvalue weighted by molar-refractivity contribution is -0.160. The molecule has 3 aliphatic heterocycles. The van der Waals surface area contributed by atoms with Gasteiger partial charge in [0.25, 0.3) is 5.91 Å². The number of fused-ring (bicyclic) bond motifs is 1. The zero-order valence-electron chi connectivity index (χ0n) is 16.9. The van der Waals surface area contributed by atoms with Crippen LogP contribution in [0, 0.1) is 17.8 Å². The molecule has 3 heterocycles. The third kappa shape index (κ3) is 3.93. The number of carbonyl (C=O) groups is 4. The smallest absolute Gasteiger partial charge is 0.353 e. The number of hydrogen-bond acceptors (Lipinski definition) is 7. The number of rotatable bonds is 8. The van der Waals surface area contributed by atoms with E-state index >= 15 is 0 Å². The maximum Gasteiger partial charge on any atom is 0.353 e. The monoisotopic (exact) mass is 425 g/mol. The highest BCUT2D eigenvalue weighted by molar-refractivity contribution is 8.03. The topological polar surface area (TPSA) is 125 Å². The third-order valence-electron chi connectivity index (χ3n) is 5.92. The molecule has 3 N–H and O–H groups in total. The van der Waals surface area contributed by atoms with Crippen molar-refractivity contribution in [3.63, 3.8) is 0 Å². The summed E-state index contributed by atoms with van der Waals surface area (Å²) in [6, 6.07) is -0.632. The molecule has 9 nitrogen and oxygen atoms in total. The van der Waals surface area contributed by atoms with E-state index in [1.54, 1.807) is 0 Å². The number of ketones is 1. The highest BCUT2D eigenvalue weighted by Crippen LogP contribution is 2.53. The van der Waals surface area contributed by atoms with Crippen molar-refractivity contribution < 1.29 is 29.1 Å². The van der Waals surface area contributed by atoms with Crippen LogP contribution in [0.5, 0.6) is 0 Å². The average Bonchev–Trinajstić information content (AvgIpc) is 3.18. The highest BCUT2D eigenvalue weighted by atomic mass is 32.2. The van der Waals surface area contributed by atoms with Gasteiger partial charge in [-0.1, -0.05) is 13.8 Å². The van der Waals surface area contributed by atoms with Gasteiger partial charge in [0, 0.05) is 29.0 Å². The van der Waals surface area contributed by atoms with Crippen molar-refractivity contribution in [2.45, 2.75) is 50.9 Å². The Morgan fingerprint density at radius 3 is 2.69 bits per heavy atom. The minimum absolute atomic E-state index is 0.0105. The van der Waals surface area contributed by atoms with Crippen molar-refractivity contribution in [3.8, 4) is 0 Å². The summed E-state index contributed by atoms with van der Waals surface area (Å²) in [5.74, 6) is -2.18. The molecule has 0 spiro atoms. The van der Waals surface area contributed by atoms with Gasteiger partial charge in [0.1, 0.15) is 11.5 Å². The zero-order chi connectivity index (χ0) is 21.5. The van der Waals surface area contributed by atoms with Crippen LogP contribution in [0.25, 0.3) is 0 Å². The standard InChI is InChI=1S/C19H27N3O6S/c1-8(5-9(2)23)13-14-10(3)16(15(19(26)27)22(14)18(13)25)29-11-6-12(20-7-11)17(24)21-28-4/h8,10-14,20H,5-7H2,1-4H3,(H,21,24)(H,26,27)/t8-,10+,11?,12?,13+,14+/m0/s1. The van der Waals surface area contributed by atoms with Gasteiger partial charge in [-0.15, -0.1) is 11.8 Å². The second kappa shape index (κ2) is 8.45. The number of Topliss-reactive ketones (excluding diaryl/α,β-unsaturated/α-hetero) is 1. The molecule has 160 valence electrons. The largest absolute Gasteiger partial charge is 0.477 e. The second-order valence-corrected chi connectivity index (χ2v) is 9.36. The predicted molar refractivity (Wildman–Crippen MR) is 105 cm³/mol. The van der Waals surface area contributed by atoms with Crippen molar-refractivity contribution in [1.82, 2.24) is 15.7 Å². The van der Waals surface area contributed by atoms with Gasteiger partial charge in [0.2, 0.25) is 5.91 Å². The number of hydrogen-bond donors (Lipinski definition) is 3. The van der Waals surface area contributed by atoms with E-state index in [0.717, 1.165) is 0 Å². The van der Waals surface area contributed by atoms with Gasteiger partial charge in [0.05, 0.1) is 25.1 Å². The Kier molecular flexibility index (Phi) is 6.35. The van der Waals surface area contributed by atoms with Crippen LogP contribution >= 0.6 is 11.8 Å². The molecule has 0 aromatic rings. The summed E-state index contributed by atoms with van der Waals surface area (Å²) in [5, 5.41) is 12.9. The van der Waals surface area contributed by atoms with Crippen LogP contribution in [0.2, 0.25) is 0 Å². The maximum atomic E-state index is 12.8. The molecule has 10 heteroatoms. The number of β-lactam (4-membered cyclic amide) rings is 1. The fraction of sp³-hybridized carbons (Fsp3) is 0.684. The molecule has 3 aliphatic rings. The van der Waals surface area contributed by atoms with Gasteiger partial charge in [-0.05, 0) is 19.3 Å². The number of carboxylic acids is 1. The van der Waals surface area contributed by atoms with Gasteiger partial charge in [-0.2, -0.15) is 0 Å². The minimum atomic E-state index is -1.12. The number of thioether (sulfide) groups is 1. The number of amides is 2. The lowest BCUT2D eigenvalue weighted by Gasteiger charge is -2.47. The average molecular weight is 426 g/mol. The van der Waals surface area contributed by atoms with Crippen LogP contribution in [0.15, 0.2) is 10.6 Å². The predicted octanol–water partition coefficient (Wildman–Crippen LogP) is 0.516. The van der Waals surface area contributed by atoms with E-state index in [9.17, 15) is 24.3 Å². The quantitative estimate of drug-likeness (QED) is 0.380. The number of nitrogens with one attached hydrogen (secondary N) is 2. The lowest BCUT2D eigenvalue weighted by atomic mass is 9.73. The van der Waals surface area contributed by atoms with Crippen LogP contribution in [0.4, 0.5) is 0 Å². The van der Waals surface area contributed by atoms with E-state index in [2.05, 4.69) is 15.6 Å². The SMILES string of the molecule is CONC(=O)C1CC(SC2=C(C(=O)O)N3C(=O)[C@H]([C@@H](C)CC(C)=O)[C@H]3[C@H]2C)CN1. The number of aliphatic carboxylic acids is 1. The number of carboxylic acid groups (broad SMARTS) is 1. The summed E-state index contributed by atoms with van der Waals surface area (Å²) in [6.45, 7) is 5.87. The molecule has 0 aromatic heterocycles. The van der Waals surface area contributed by atoms with E-state index in [-0.39, 0.29) is 52.3 Å². The molecule has 2 unspecified atom stereocenters. The van der Waals surface area contributed by atoms with E-state index < -0.39 is 12.0 Å². The lowest BCUT2D eigenvalue weighted by Crippen LogP contribution is -2.62. The highest BCUT2D eigenvalue weighted by Gasteiger charge is 2.60. The summed E-state index contributed by atoms with van der Waals surface area (Å²) in [5.41, 5.74) is 2.35. The van der Waals surface area contributed by atoms with E-state index in [1.807, 2.05) is 13.8 Å². The molecule has 0 aliphatic carbocycles. The fourth-order valence-electron chi connectivity index (χ4n) is 4.69. The molecular formula is C19H27N3O6S. The van der Waals surface area contributed by atoms with Crippen LogP contribution in [-0.4, -0.2) is 64.6 Å². The van der Waals surface area contributed by atoms with Crippen LogP contribution in [0.3, 0.4) is 0 Å². The van der Waals surface area contributed by atoms with Crippen LogP contribution < -0.4 is 10.8 Å². The Labute approximate surface area is 173 Å². The first-order valence-corrected chi connectivity index (χ1v) is 10.6. The number of hydroxylamine groups is 1. The molecule has 6 atom stereocenters. The Morgan fingerprint density at radius 2 is 2.10 bits per heavy atom. The van der Waals surface area contributed by atoms with Gasteiger partial charge in [0.15, 0.2) is 0 Å². The zero-order valence-corrected chi connectivity index (χ0v) is 17.7. The third-order valence-corrected chi connectivity index (χ3v) is 7.43. The molecule has 29 heavy (non-hydrogen) atoms. The summed E-state index contributed by atoms with van der Waals surface area (Å²) in [7, 11) is 1.37. The summed E-state index contributed by atoms with van der Waals surface area (Å²) in [4.78, 5) is 54.9. The molecule has 0 radical (unpaired) electrons. The van der Waals surface area contributed by atoms with Crippen molar-refractivity contribution in [1.29, 1.82) is 0 Å². The van der Waals surface area contributed by atoms with Gasteiger partial charge < -0.3 is 20.1 Å². The second-order valence-electron chi connectivity index (χ2n) is 8.02. The Balaban J connectivity index is 1.75. The van der Waals surface area contributed by atoms with Gasteiger partial charge in [-0.3, -0.25) is 14.4 Å². The molecule has 2 saturated heterocycles. The molecular weight excluding hydrogens is 398 g/mol. The summed E-state index contributed by atoms with van der Waals surface area (Å²) >= 11 is 1.43. The Bertz CT molecular complexity index is 769. The molecule has 2 fully saturated rings. The van der Waals surface area contributed by atoms with Crippen molar-refractivity contribution >= 4 is 35.3 Å². The fourth-order valence-corrected chi connectivity index (χ4v) is 6.17. The van der Waals surface area contributed by atoms with Crippen molar-refractivity contribution in [2.75, 3.05) is 13.7 Å². The first-order valence-electron chi connectivity index (χ1n) is 9.70. The molecule has 0 bridgehead atoms. The number of nitrogens with zero attached hydrogens (tertiary/aromatic N) is 1. The van der Waals surface area contributed by atoms with E-state index in [4.69, 9.17) is 0 Å². The van der Waals surface area contributed by atoms with Gasteiger partial charge in [-0.25, -0.2) is 10.3 Å².